The summed E-state index contributed by atoms with van der Waals surface area (Å²) in [5, 5.41) is 11.5. The quantitative estimate of drug-likeness (QED) is 0.595. The summed E-state index contributed by atoms with van der Waals surface area (Å²) in [6, 6.07) is 12.7. The Morgan fingerprint density at radius 2 is 1.76 bits per heavy atom. The standard InChI is InChI=1S/C21H17FN2O5/c1-12-23-17(14-7-9-15(22)10-8-14)19(29-12)20(26)24-16(18(25)21(27)28)11-13-5-3-2-4-6-13/h2-10,16H,11H2,1H3,(H,24,26)(H,27,28). The van der Waals surface area contributed by atoms with Gasteiger partial charge in [-0.1, -0.05) is 30.3 Å². The molecule has 0 spiro atoms. The molecule has 0 aliphatic carbocycles. The second kappa shape index (κ2) is 8.47. The van der Waals surface area contributed by atoms with Crippen LogP contribution >= 0.6 is 0 Å². The number of rotatable bonds is 7. The van der Waals surface area contributed by atoms with Crippen LogP contribution < -0.4 is 5.32 Å². The number of oxazole rings is 1. The van der Waals surface area contributed by atoms with Gasteiger partial charge in [0.1, 0.15) is 17.6 Å². The molecule has 148 valence electrons. The molecule has 2 aromatic carbocycles. The Morgan fingerprint density at radius 1 is 1.10 bits per heavy atom. The fourth-order valence-corrected chi connectivity index (χ4v) is 2.82. The maximum Gasteiger partial charge on any atom is 0.374 e. The van der Waals surface area contributed by atoms with Crippen LogP contribution in [0.15, 0.2) is 59.0 Å². The van der Waals surface area contributed by atoms with Crippen molar-refractivity contribution in [1.82, 2.24) is 10.3 Å². The van der Waals surface area contributed by atoms with E-state index in [4.69, 9.17) is 9.52 Å². The largest absolute Gasteiger partial charge is 0.475 e. The van der Waals surface area contributed by atoms with E-state index >= 15 is 0 Å². The molecule has 1 unspecified atom stereocenters. The van der Waals surface area contributed by atoms with Gasteiger partial charge in [-0.2, -0.15) is 0 Å². The average Bonchev–Trinajstić information content (AvgIpc) is 3.10. The summed E-state index contributed by atoms with van der Waals surface area (Å²) in [6.45, 7) is 1.54. The highest BCUT2D eigenvalue weighted by atomic mass is 19.1. The van der Waals surface area contributed by atoms with Gasteiger partial charge < -0.3 is 14.8 Å². The highest BCUT2D eigenvalue weighted by molar-refractivity contribution is 6.35. The molecule has 29 heavy (non-hydrogen) atoms. The zero-order valence-corrected chi connectivity index (χ0v) is 15.4. The molecule has 0 fully saturated rings. The first-order valence-corrected chi connectivity index (χ1v) is 8.70. The van der Waals surface area contributed by atoms with E-state index in [-0.39, 0.29) is 23.8 Å². The average molecular weight is 396 g/mol. The van der Waals surface area contributed by atoms with Crippen LogP contribution in [-0.2, 0) is 16.0 Å². The molecule has 0 aliphatic rings. The second-order valence-corrected chi connectivity index (χ2v) is 6.30. The van der Waals surface area contributed by atoms with Crippen LogP contribution in [0.3, 0.4) is 0 Å². The third-order valence-electron chi connectivity index (χ3n) is 4.17. The molecule has 8 heteroatoms. The normalized spacial score (nSPS) is 11.7. The van der Waals surface area contributed by atoms with Crippen LogP contribution in [0.2, 0.25) is 0 Å². The van der Waals surface area contributed by atoms with E-state index in [1.54, 1.807) is 30.3 Å². The lowest BCUT2D eigenvalue weighted by Crippen LogP contribution is -2.45. The molecule has 3 aromatic rings. The van der Waals surface area contributed by atoms with Crippen molar-refractivity contribution in [2.24, 2.45) is 0 Å². The number of carboxylic acids is 1. The molecule has 0 bridgehead atoms. The maximum absolute atomic E-state index is 13.2. The molecule has 1 atom stereocenters. The zero-order valence-electron chi connectivity index (χ0n) is 15.4. The summed E-state index contributed by atoms with van der Waals surface area (Å²) in [4.78, 5) is 40.2. The number of nitrogens with zero attached hydrogens (tertiary/aromatic N) is 1. The first-order valence-electron chi connectivity index (χ1n) is 8.70. The minimum Gasteiger partial charge on any atom is -0.475 e. The number of nitrogens with one attached hydrogen (secondary N) is 1. The van der Waals surface area contributed by atoms with Gasteiger partial charge in [-0.3, -0.25) is 9.59 Å². The number of aryl methyl sites for hydroxylation is 1. The van der Waals surface area contributed by atoms with E-state index in [0.29, 0.717) is 11.1 Å². The van der Waals surface area contributed by atoms with Gasteiger partial charge in [0.25, 0.3) is 11.7 Å². The molecule has 0 saturated carbocycles. The lowest BCUT2D eigenvalue weighted by molar-refractivity contribution is -0.149. The molecule has 0 radical (unpaired) electrons. The molecule has 0 saturated heterocycles. The molecule has 3 rings (SSSR count). The number of hydrogen-bond donors (Lipinski definition) is 2. The molecular formula is C21H17FN2O5. The van der Waals surface area contributed by atoms with Crippen molar-refractivity contribution < 1.29 is 28.3 Å². The Kier molecular flexibility index (Phi) is 5.82. The first kappa shape index (κ1) is 19.9. The molecule has 7 nitrogen and oxygen atoms in total. The van der Waals surface area contributed by atoms with Crippen molar-refractivity contribution in [3.63, 3.8) is 0 Å². The fraction of sp³-hybridized carbons (Fsp3) is 0.143. The van der Waals surface area contributed by atoms with Crippen LogP contribution in [0.1, 0.15) is 22.0 Å². The topological polar surface area (TPSA) is 110 Å². The van der Waals surface area contributed by atoms with Crippen molar-refractivity contribution in [2.75, 3.05) is 0 Å². The number of benzene rings is 2. The van der Waals surface area contributed by atoms with Crippen molar-refractivity contribution in [3.05, 3.63) is 77.6 Å². The number of ketones is 1. The number of amides is 1. The van der Waals surface area contributed by atoms with Crippen molar-refractivity contribution in [3.8, 4) is 11.3 Å². The SMILES string of the molecule is Cc1nc(-c2ccc(F)cc2)c(C(=O)NC(Cc2ccccc2)C(=O)C(=O)O)o1. The lowest BCUT2D eigenvalue weighted by atomic mass is 10.0. The fourth-order valence-electron chi connectivity index (χ4n) is 2.82. The highest BCUT2D eigenvalue weighted by Crippen LogP contribution is 2.24. The predicted molar refractivity (Wildman–Crippen MR) is 101 cm³/mol. The van der Waals surface area contributed by atoms with E-state index in [9.17, 15) is 18.8 Å². The third-order valence-corrected chi connectivity index (χ3v) is 4.17. The minimum atomic E-state index is -1.65. The minimum absolute atomic E-state index is 0.00326. The van der Waals surface area contributed by atoms with Crippen LogP contribution in [0.25, 0.3) is 11.3 Å². The number of halogens is 1. The number of aliphatic carboxylic acids is 1. The Morgan fingerprint density at radius 3 is 2.38 bits per heavy atom. The van der Waals surface area contributed by atoms with Gasteiger partial charge in [0.2, 0.25) is 5.76 Å². The van der Waals surface area contributed by atoms with Crippen molar-refractivity contribution >= 4 is 17.7 Å². The molecule has 0 aliphatic heterocycles. The van der Waals surface area contributed by atoms with E-state index in [2.05, 4.69) is 10.3 Å². The molecule has 2 N–H and O–H groups in total. The summed E-state index contributed by atoms with van der Waals surface area (Å²) < 4.78 is 18.6. The summed E-state index contributed by atoms with van der Waals surface area (Å²) in [6.07, 6.45) is -0.00326. The first-order chi connectivity index (χ1) is 13.8. The van der Waals surface area contributed by atoms with Crippen molar-refractivity contribution in [1.29, 1.82) is 0 Å². The van der Waals surface area contributed by atoms with E-state index in [1.807, 2.05) is 0 Å². The van der Waals surface area contributed by atoms with E-state index < -0.39 is 29.5 Å². The molecule has 1 aromatic heterocycles. The lowest BCUT2D eigenvalue weighted by Gasteiger charge is -2.15. The summed E-state index contributed by atoms with van der Waals surface area (Å²) in [7, 11) is 0. The Labute approximate surface area is 165 Å². The predicted octanol–water partition coefficient (Wildman–Crippen LogP) is 2.78. The number of Topliss-reactive ketones (excluding diaryl/α,β-unsaturated/α-hetero) is 1. The van der Waals surface area contributed by atoms with Gasteiger partial charge in [-0.15, -0.1) is 0 Å². The zero-order chi connectivity index (χ0) is 21.0. The number of carboxylic acid groups (broad SMARTS) is 1. The molecule has 1 amide bonds. The van der Waals surface area contributed by atoms with Crippen LogP contribution in [-0.4, -0.2) is 33.8 Å². The highest BCUT2D eigenvalue weighted by Gasteiger charge is 2.30. The summed E-state index contributed by atoms with van der Waals surface area (Å²) in [5.41, 5.74) is 1.29. The number of aromatic nitrogens is 1. The van der Waals surface area contributed by atoms with Crippen LogP contribution in [0.4, 0.5) is 4.39 Å². The summed E-state index contributed by atoms with van der Waals surface area (Å²) in [5.74, 6) is -4.04. The number of carbonyl (C=O) groups excluding carboxylic acids is 2. The number of hydrogen-bond acceptors (Lipinski definition) is 5. The van der Waals surface area contributed by atoms with Crippen LogP contribution in [0.5, 0.6) is 0 Å². The van der Waals surface area contributed by atoms with Gasteiger partial charge in [-0.05, 0) is 29.8 Å². The monoisotopic (exact) mass is 396 g/mol. The van der Waals surface area contributed by atoms with E-state index in [1.165, 1.54) is 31.2 Å². The Balaban J connectivity index is 1.89. The van der Waals surface area contributed by atoms with Crippen LogP contribution in [0, 0.1) is 12.7 Å². The second-order valence-electron chi connectivity index (χ2n) is 6.30. The Bertz CT molecular complexity index is 1040. The summed E-state index contributed by atoms with van der Waals surface area (Å²) >= 11 is 0. The van der Waals surface area contributed by atoms with Gasteiger partial charge >= 0.3 is 5.97 Å². The maximum atomic E-state index is 13.2. The van der Waals surface area contributed by atoms with Gasteiger partial charge in [-0.25, -0.2) is 14.2 Å². The van der Waals surface area contributed by atoms with Crippen molar-refractivity contribution in [2.45, 2.75) is 19.4 Å². The van der Waals surface area contributed by atoms with Gasteiger partial charge in [0.05, 0.1) is 0 Å². The van der Waals surface area contributed by atoms with E-state index in [0.717, 1.165) is 0 Å². The smallest absolute Gasteiger partial charge is 0.374 e. The Hall–Kier alpha value is -3.81. The van der Waals surface area contributed by atoms with Gasteiger partial charge in [0.15, 0.2) is 5.89 Å². The number of carbonyl (C=O) groups is 3. The third kappa shape index (κ3) is 4.73. The van der Waals surface area contributed by atoms with Gasteiger partial charge in [0, 0.05) is 18.9 Å². The molecular weight excluding hydrogens is 379 g/mol. The molecule has 1 heterocycles.